The highest BCUT2D eigenvalue weighted by Crippen LogP contribution is 2.35. The van der Waals surface area contributed by atoms with Gasteiger partial charge in [-0.15, -0.1) is 0 Å². The summed E-state index contributed by atoms with van der Waals surface area (Å²) in [7, 11) is 1.66. The van der Waals surface area contributed by atoms with Gasteiger partial charge >= 0.3 is 5.97 Å². The average Bonchev–Trinajstić information content (AvgIpc) is 2.93. The van der Waals surface area contributed by atoms with Gasteiger partial charge in [0.25, 0.3) is 0 Å². The molecule has 1 saturated heterocycles. The number of methoxy groups -OCH3 is 1. The molecule has 36 heavy (non-hydrogen) atoms. The van der Waals surface area contributed by atoms with Crippen LogP contribution in [0.3, 0.4) is 0 Å². The summed E-state index contributed by atoms with van der Waals surface area (Å²) in [4.78, 5) is 27.6. The monoisotopic (exact) mass is 486 g/mol. The molecule has 1 unspecified atom stereocenters. The van der Waals surface area contributed by atoms with Crippen molar-refractivity contribution in [1.29, 1.82) is 0 Å². The molecule has 1 N–H and O–H groups in total. The molecule has 188 valence electrons. The Kier molecular flexibility index (Phi) is 8.61. The Hall–Kier alpha value is -3.80. The molecule has 1 atom stereocenters. The highest BCUT2D eigenvalue weighted by atomic mass is 16.5. The van der Waals surface area contributed by atoms with Crippen LogP contribution in [-0.2, 0) is 16.0 Å². The van der Waals surface area contributed by atoms with E-state index in [-0.39, 0.29) is 24.3 Å². The zero-order valence-corrected chi connectivity index (χ0v) is 21.0. The Morgan fingerprint density at radius 3 is 2.33 bits per heavy atom. The molecule has 0 radical (unpaired) electrons. The first-order valence-electron chi connectivity index (χ1n) is 12.6. The lowest BCUT2D eigenvalue weighted by Crippen LogP contribution is -2.34. The van der Waals surface area contributed by atoms with Crippen molar-refractivity contribution in [2.45, 2.75) is 38.6 Å². The number of hydrogen-bond acceptors (Lipinski definition) is 5. The second kappa shape index (κ2) is 12.2. The standard InChI is InChI=1S/C30H34N2O4/c1-3-36-30(34)24-14-12-22(13-15-24)20-28(33)31-29(23-10-6-4-7-11-23)26-21-25(35-2)16-17-27(26)32-18-8-5-9-19-32/h4,6-7,10-17,21,29H,3,5,8-9,18-20H2,1-2H3,(H,31,33). The van der Waals surface area contributed by atoms with Crippen molar-refractivity contribution in [3.63, 3.8) is 0 Å². The average molecular weight is 487 g/mol. The smallest absolute Gasteiger partial charge is 0.338 e. The zero-order chi connectivity index (χ0) is 25.3. The number of hydrogen-bond donors (Lipinski definition) is 1. The van der Waals surface area contributed by atoms with Gasteiger partial charge in [-0.25, -0.2) is 4.79 Å². The molecular weight excluding hydrogens is 452 g/mol. The highest BCUT2D eigenvalue weighted by molar-refractivity contribution is 5.89. The first-order valence-corrected chi connectivity index (χ1v) is 12.6. The molecule has 6 heteroatoms. The highest BCUT2D eigenvalue weighted by Gasteiger charge is 2.24. The van der Waals surface area contributed by atoms with Crippen LogP contribution in [0.4, 0.5) is 5.69 Å². The number of esters is 1. The van der Waals surface area contributed by atoms with E-state index < -0.39 is 0 Å². The summed E-state index contributed by atoms with van der Waals surface area (Å²) in [6.45, 7) is 4.11. The molecule has 1 aliphatic heterocycles. The maximum absolute atomic E-state index is 13.3. The summed E-state index contributed by atoms with van der Waals surface area (Å²) in [5.41, 5.74) is 4.46. The van der Waals surface area contributed by atoms with Crippen LogP contribution in [0, 0.1) is 0 Å². The lowest BCUT2D eigenvalue weighted by atomic mass is 9.95. The number of nitrogens with one attached hydrogen (secondary N) is 1. The Labute approximate surface area is 213 Å². The van der Waals surface area contributed by atoms with Gasteiger partial charge in [0.15, 0.2) is 0 Å². The van der Waals surface area contributed by atoms with E-state index in [0.717, 1.165) is 54.1 Å². The van der Waals surface area contributed by atoms with Gasteiger partial charge in [0.05, 0.1) is 31.7 Å². The van der Waals surface area contributed by atoms with Crippen LogP contribution >= 0.6 is 0 Å². The minimum absolute atomic E-state index is 0.0971. The third-order valence-corrected chi connectivity index (χ3v) is 6.51. The molecule has 0 bridgehead atoms. The molecule has 0 saturated carbocycles. The van der Waals surface area contributed by atoms with E-state index in [4.69, 9.17) is 9.47 Å². The first kappa shape index (κ1) is 25.3. The van der Waals surface area contributed by atoms with E-state index in [2.05, 4.69) is 16.3 Å². The number of carbonyl (C=O) groups is 2. The molecule has 0 aromatic heterocycles. The van der Waals surface area contributed by atoms with Crippen molar-refractivity contribution in [3.8, 4) is 5.75 Å². The van der Waals surface area contributed by atoms with Crippen molar-refractivity contribution in [2.24, 2.45) is 0 Å². The predicted molar refractivity (Wildman–Crippen MR) is 142 cm³/mol. The number of piperidine rings is 1. The Bertz CT molecular complexity index is 1160. The Morgan fingerprint density at radius 1 is 0.944 bits per heavy atom. The van der Waals surface area contributed by atoms with E-state index in [0.29, 0.717) is 12.2 Å². The van der Waals surface area contributed by atoms with Gasteiger partial charge < -0.3 is 19.7 Å². The maximum Gasteiger partial charge on any atom is 0.338 e. The lowest BCUT2D eigenvalue weighted by molar-refractivity contribution is -0.120. The van der Waals surface area contributed by atoms with Gasteiger partial charge in [0.1, 0.15) is 5.75 Å². The number of nitrogens with zero attached hydrogens (tertiary/aromatic N) is 1. The number of benzene rings is 3. The van der Waals surface area contributed by atoms with Crippen molar-refractivity contribution in [3.05, 3.63) is 95.1 Å². The van der Waals surface area contributed by atoms with Gasteiger partial charge in [0.2, 0.25) is 5.91 Å². The third-order valence-electron chi connectivity index (χ3n) is 6.51. The van der Waals surface area contributed by atoms with E-state index >= 15 is 0 Å². The summed E-state index contributed by atoms with van der Waals surface area (Å²) < 4.78 is 10.6. The van der Waals surface area contributed by atoms with Crippen LogP contribution < -0.4 is 15.0 Å². The molecule has 1 heterocycles. The predicted octanol–water partition coefficient (Wildman–Crippen LogP) is 5.31. The number of carbonyl (C=O) groups excluding carboxylic acids is 2. The van der Waals surface area contributed by atoms with Crippen LogP contribution in [0.1, 0.15) is 59.3 Å². The van der Waals surface area contributed by atoms with Gasteiger partial charge in [-0.3, -0.25) is 4.79 Å². The van der Waals surface area contributed by atoms with Crippen molar-refractivity contribution < 1.29 is 19.1 Å². The van der Waals surface area contributed by atoms with Crippen LogP contribution in [0.2, 0.25) is 0 Å². The second-order valence-corrected chi connectivity index (χ2v) is 8.98. The van der Waals surface area contributed by atoms with Crippen LogP contribution in [0.5, 0.6) is 5.75 Å². The number of amides is 1. The number of anilines is 1. The fourth-order valence-corrected chi connectivity index (χ4v) is 4.67. The summed E-state index contributed by atoms with van der Waals surface area (Å²) in [5.74, 6) is 0.302. The topological polar surface area (TPSA) is 67.9 Å². The van der Waals surface area contributed by atoms with E-state index in [1.54, 1.807) is 38.3 Å². The second-order valence-electron chi connectivity index (χ2n) is 8.98. The molecule has 1 fully saturated rings. The lowest BCUT2D eigenvalue weighted by Gasteiger charge is -2.33. The molecule has 6 nitrogen and oxygen atoms in total. The minimum Gasteiger partial charge on any atom is -0.497 e. The molecule has 3 aromatic carbocycles. The molecular formula is C30H34N2O4. The SMILES string of the molecule is CCOC(=O)c1ccc(CC(=O)NC(c2ccccc2)c2cc(OC)ccc2N2CCCCC2)cc1. The maximum atomic E-state index is 13.3. The van der Waals surface area contributed by atoms with Crippen LogP contribution in [0.15, 0.2) is 72.8 Å². The van der Waals surface area contributed by atoms with Gasteiger partial charge in [-0.1, -0.05) is 42.5 Å². The van der Waals surface area contributed by atoms with Crippen molar-refractivity contribution in [1.82, 2.24) is 5.32 Å². The molecule has 1 aliphatic rings. The Balaban J connectivity index is 1.61. The van der Waals surface area contributed by atoms with Gasteiger partial charge in [0, 0.05) is 24.3 Å². The van der Waals surface area contributed by atoms with E-state index in [1.807, 2.05) is 42.5 Å². The number of rotatable bonds is 9. The summed E-state index contributed by atoms with van der Waals surface area (Å²) in [6, 6.07) is 22.8. The summed E-state index contributed by atoms with van der Waals surface area (Å²) >= 11 is 0. The van der Waals surface area contributed by atoms with Crippen LogP contribution in [0.25, 0.3) is 0 Å². The number of ether oxygens (including phenoxy) is 2. The van der Waals surface area contributed by atoms with E-state index in [9.17, 15) is 9.59 Å². The van der Waals surface area contributed by atoms with Crippen molar-refractivity contribution >= 4 is 17.6 Å². The Morgan fingerprint density at radius 2 is 1.67 bits per heavy atom. The van der Waals surface area contributed by atoms with Gasteiger partial charge in [-0.05, 0) is 67.6 Å². The summed E-state index contributed by atoms with van der Waals surface area (Å²) in [5, 5.41) is 3.27. The molecule has 3 aromatic rings. The molecule has 0 spiro atoms. The largest absolute Gasteiger partial charge is 0.497 e. The van der Waals surface area contributed by atoms with Crippen LogP contribution in [-0.4, -0.2) is 38.7 Å². The molecule has 0 aliphatic carbocycles. The fourth-order valence-electron chi connectivity index (χ4n) is 4.67. The van der Waals surface area contributed by atoms with E-state index in [1.165, 1.54) is 6.42 Å². The normalized spacial score (nSPS) is 14.1. The fraction of sp³-hybridized carbons (Fsp3) is 0.333. The van der Waals surface area contributed by atoms with Gasteiger partial charge in [-0.2, -0.15) is 0 Å². The molecule has 1 amide bonds. The van der Waals surface area contributed by atoms with Crippen molar-refractivity contribution in [2.75, 3.05) is 31.7 Å². The zero-order valence-electron chi connectivity index (χ0n) is 21.0. The summed E-state index contributed by atoms with van der Waals surface area (Å²) in [6.07, 6.45) is 3.77. The minimum atomic E-state index is -0.360. The first-order chi connectivity index (χ1) is 17.6. The quantitative estimate of drug-likeness (QED) is 0.415. The third kappa shape index (κ3) is 6.25. The molecule has 4 rings (SSSR count).